The number of hydrogen-bond donors (Lipinski definition) is 1. The highest BCUT2D eigenvalue weighted by atomic mass is 16.5. The quantitative estimate of drug-likeness (QED) is 0.920. The van der Waals surface area contributed by atoms with Crippen molar-refractivity contribution in [2.24, 2.45) is 0 Å². The maximum Gasteiger partial charge on any atom is 0.247 e. The minimum absolute atomic E-state index is 0.0220. The summed E-state index contributed by atoms with van der Waals surface area (Å²) < 4.78 is 5.11. The Hall–Kier alpha value is -2.82. The van der Waals surface area contributed by atoms with Gasteiger partial charge in [0.25, 0.3) is 0 Å². The molecule has 0 spiro atoms. The summed E-state index contributed by atoms with van der Waals surface area (Å²) in [7, 11) is 1.60. The molecule has 3 rings (SSSR count). The lowest BCUT2D eigenvalue weighted by atomic mass is 10.1. The number of likely N-dealkylation sites (tertiary alicyclic amines) is 1. The summed E-state index contributed by atoms with van der Waals surface area (Å²) in [6.07, 6.45) is 0.960. The van der Waals surface area contributed by atoms with E-state index in [4.69, 9.17) is 4.74 Å². The standard InChI is InChI=1S/C19H20N2O3/c1-24-16-9-7-15(8-10-16)20-19(23)17-11-12-18(22)21(17)13-14-5-3-2-4-6-14/h2-10,17H,11-13H2,1H3,(H,20,23). The van der Waals surface area contributed by atoms with E-state index in [2.05, 4.69) is 5.32 Å². The van der Waals surface area contributed by atoms with Crippen LogP contribution >= 0.6 is 0 Å². The molecule has 1 saturated heterocycles. The fraction of sp³-hybridized carbons (Fsp3) is 0.263. The minimum atomic E-state index is -0.431. The Morgan fingerprint density at radius 3 is 2.54 bits per heavy atom. The van der Waals surface area contributed by atoms with Crippen molar-refractivity contribution in [3.05, 3.63) is 60.2 Å². The van der Waals surface area contributed by atoms with Gasteiger partial charge < -0.3 is 15.0 Å². The highest BCUT2D eigenvalue weighted by Crippen LogP contribution is 2.23. The van der Waals surface area contributed by atoms with Crippen LogP contribution in [-0.4, -0.2) is 29.9 Å². The second-order valence-electron chi connectivity index (χ2n) is 5.78. The number of hydrogen-bond acceptors (Lipinski definition) is 3. The molecule has 1 fully saturated rings. The van der Waals surface area contributed by atoms with Crippen molar-refractivity contribution in [2.75, 3.05) is 12.4 Å². The Balaban J connectivity index is 1.69. The van der Waals surface area contributed by atoms with Gasteiger partial charge in [-0.15, -0.1) is 0 Å². The van der Waals surface area contributed by atoms with Crippen LogP contribution in [0, 0.1) is 0 Å². The van der Waals surface area contributed by atoms with Crippen molar-refractivity contribution in [1.82, 2.24) is 4.90 Å². The topological polar surface area (TPSA) is 58.6 Å². The van der Waals surface area contributed by atoms with Crippen LogP contribution in [-0.2, 0) is 16.1 Å². The molecule has 1 heterocycles. The number of anilines is 1. The van der Waals surface area contributed by atoms with E-state index in [-0.39, 0.29) is 11.8 Å². The summed E-state index contributed by atoms with van der Waals surface area (Å²) in [5, 5.41) is 2.88. The van der Waals surface area contributed by atoms with Crippen LogP contribution in [0.5, 0.6) is 5.75 Å². The molecule has 2 aromatic rings. The van der Waals surface area contributed by atoms with Gasteiger partial charge in [-0.1, -0.05) is 30.3 Å². The summed E-state index contributed by atoms with van der Waals surface area (Å²) in [5.74, 6) is 0.602. The summed E-state index contributed by atoms with van der Waals surface area (Å²) in [4.78, 5) is 26.4. The smallest absolute Gasteiger partial charge is 0.247 e. The average molecular weight is 324 g/mol. The van der Waals surface area contributed by atoms with E-state index in [1.54, 1.807) is 36.3 Å². The predicted molar refractivity (Wildman–Crippen MR) is 91.6 cm³/mol. The lowest BCUT2D eigenvalue weighted by Crippen LogP contribution is -2.41. The largest absolute Gasteiger partial charge is 0.497 e. The molecule has 0 aliphatic carbocycles. The van der Waals surface area contributed by atoms with Gasteiger partial charge in [-0.25, -0.2) is 0 Å². The van der Waals surface area contributed by atoms with Gasteiger partial charge in [0, 0.05) is 18.7 Å². The average Bonchev–Trinajstić information content (AvgIpc) is 2.97. The Kier molecular flexibility index (Phi) is 4.79. The number of rotatable bonds is 5. The van der Waals surface area contributed by atoms with Crippen LogP contribution in [0.15, 0.2) is 54.6 Å². The summed E-state index contributed by atoms with van der Waals surface area (Å²) >= 11 is 0. The molecule has 0 radical (unpaired) electrons. The molecule has 1 aliphatic rings. The number of carbonyl (C=O) groups is 2. The molecule has 1 N–H and O–H groups in total. The van der Waals surface area contributed by atoms with Crippen molar-refractivity contribution < 1.29 is 14.3 Å². The molecular weight excluding hydrogens is 304 g/mol. The van der Waals surface area contributed by atoms with E-state index >= 15 is 0 Å². The predicted octanol–water partition coefficient (Wildman–Crippen LogP) is 2.82. The van der Waals surface area contributed by atoms with Crippen LogP contribution in [0.3, 0.4) is 0 Å². The maximum atomic E-state index is 12.6. The van der Waals surface area contributed by atoms with Gasteiger partial charge in [0.05, 0.1) is 7.11 Å². The fourth-order valence-corrected chi connectivity index (χ4v) is 2.88. The molecule has 1 unspecified atom stereocenters. The number of nitrogens with zero attached hydrogens (tertiary/aromatic N) is 1. The number of amides is 2. The zero-order chi connectivity index (χ0) is 16.9. The Morgan fingerprint density at radius 2 is 1.88 bits per heavy atom. The second-order valence-corrected chi connectivity index (χ2v) is 5.78. The lowest BCUT2D eigenvalue weighted by molar-refractivity contribution is -0.133. The lowest BCUT2D eigenvalue weighted by Gasteiger charge is -2.24. The SMILES string of the molecule is COc1ccc(NC(=O)C2CCC(=O)N2Cc2ccccc2)cc1. The molecule has 1 aliphatic heterocycles. The van der Waals surface area contributed by atoms with Crippen LogP contribution in [0.1, 0.15) is 18.4 Å². The van der Waals surface area contributed by atoms with Crippen LogP contribution in [0.4, 0.5) is 5.69 Å². The van der Waals surface area contributed by atoms with E-state index in [1.165, 1.54) is 0 Å². The van der Waals surface area contributed by atoms with E-state index < -0.39 is 6.04 Å². The normalized spacial score (nSPS) is 17.0. The first-order valence-electron chi connectivity index (χ1n) is 7.95. The third-order valence-electron chi connectivity index (χ3n) is 4.18. The molecular formula is C19H20N2O3. The summed E-state index contributed by atoms with van der Waals surface area (Å²) in [5.41, 5.74) is 1.72. The van der Waals surface area contributed by atoms with Crippen molar-refractivity contribution >= 4 is 17.5 Å². The monoisotopic (exact) mass is 324 g/mol. The molecule has 1 atom stereocenters. The van der Waals surface area contributed by atoms with Gasteiger partial charge in [-0.05, 0) is 36.2 Å². The number of methoxy groups -OCH3 is 1. The second kappa shape index (κ2) is 7.17. The zero-order valence-electron chi connectivity index (χ0n) is 13.6. The number of nitrogens with one attached hydrogen (secondary N) is 1. The van der Waals surface area contributed by atoms with Gasteiger partial charge in [0.1, 0.15) is 11.8 Å². The first-order valence-corrected chi connectivity index (χ1v) is 7.95. The number of ether oxygens (including phenoxy) is 1. The van der Waals surface area contributed by atoms with Gasteiger partial charge in [0.15, 0.2) is 0 Å². The van der Waals surface area contributed by atoms with Crippen molar-refractivity contribution in [2.45, 2.75) is 25.4 Å². The van der Waals surface area contributed by atoms with Crippen LogP contribution in [0.25, 0.3) is 0 Å². The van der Waals surface area contributed by atoms with E-state index in [1.807, 2.05) is 30.3 Å². The van der Waals surface area contributed by atoms with Gasteiger partial charge in [0.2, 0.25) is 11.8 Å². The van der Waals surface area contributed by atoms with E-state index in [9.17, 15) is 9.59 Å². The third kappa shape index (κ3) is 3.56. The Labute approximate surface area is 141 Å². The molecule has 5 nitrogen and oxygen atoms in total. The van der Waals surface area contributed by atoms with Crippen LogP contribution in [0.2, 0.25) is 0 Å². The first kappa shape index (κ1) is 16.1. The van der Waals surface area contributed by atoms with Crippen molar-refractivity contribution in [3.63, 3.8) is 0 Å². The number of carbonyl (C=O) groups excluding carboxylic acids is 2. The first-order chi connectivity index (χ1) is 11.7. The molecule has 2 aromatic carbocycles. The van der Waals surface area contributed by atoms with E-state index in [0.717, 1.165) is 11.3 Å². The maximum absolute atomic E-state index is 12.6. The minimum Gasteiger partial charge on any atom is -0.497 e. The third-order valence-corrected chi connectivity index (χ3v) is 4.18. The van der Waals surface area contributed by atoms with Gasteiger partial charge >= 0.3 is 0 Å². The molecule has 0 aromatic heterocycles. The zero-order valence-corrected chi connectivity index (χ0v) is 13.6. The Morgan fingerprint density at radius 1 is 1.17 bits per heavy atom. The highest BCUT2D eigenvalue weighted by Gasteiger charge is 2.35. The highest BCUT2D eigenvalue weighted by molar-refractivity contribution is 5.99. The molecule has 0 bridgehead atoms. The summed E-state index contributed by atoms with van der Waals surface area (Å²) in [6, 6.07) is 16.4. The Bertz CT molecular complexity index is 713. The molecule has 5 heteroatoms. The molecule has 24 heavy (non-hydrogen) atoms. The van der Waals surface area contributed by atoms with Gasteiger partial charge in [-0.3, -0.25) is 9.59 Å². The number of benzene rings is 2. The fourth-order valence-electron chi connectivity index (χ4n) is 2.88. The van der Waals surface area contributed by atoms with Gasteiger partial charge in [-0.2, -0.15) is 0 Å². The molecule has 0 saturated carbocycles. The summed E-state index contributed by atoms with van der Waals surface area (Å²) in [6.45, 7) is 0.459. The van der Waals surface area contributed by atoms with Crippen molar-refractivity contribution in [1.29, 1.82) is 0 Å². The van der Waals surface area contributed by atoms with E-state index in [0.29, 0.717) is 25.1 Å². The van der Waals surface area contributed by atoms with Crippen LogP contribution < -0.4 is 10.1 Å². The molecule has 2 amide bonds. The molecule has 124 valence electrons. The van der Waals surface area contributed by atoms with Crippen molar-refractivity contribution in [3.8, 4) is 5.75 Å².